The first-order valence-corrected chi connectivity index (χ1v) is 12.0. The maximum Gasteiger partial charge on any atom is 0.416 e. The number of hydrogen-bond acceptors (Lipinski definition) is 5. The van der Waals surface area contributed by atoms with Crippen molar-refractivity contribution in [2.45, 2.75) is 31.9 Å². The first kappa shape index (κ1) is 25.0. The lowest BCUT2D eigenvalue weighted by Gasteiger charge is -2.35. The molecule has 2 aliphatic rings. The monoisotopic (exact) mass is 489 g/mol. The number of amides is 2. The number of pyridine rings is 1. The van der Waals surface area contributed by atoms with Crippen molar-refractivity contribution in [3.8, 4) is 0 Å². The zero-order chi connectivity index (χ0) is 24.8. The van der Waals surface area contributed by atoms with E-state index in [4.69, 9.17) is 0 Å². The number of rotatable bonds is 5. The van der Waals surface area contributed by atoms with Crippen LogP contribution in [0.1, 0.15) is 41.6 Å². The van der Waals surface area contributed by atoms with Gasteiger partial charge in [-0.2, -0.15) is 13.2 Å². The van der Waals surface area contributed by atoms with Crippen molar-refractivity contribution >= 4 is 23.3 Å². The van der Waals surface area contributed by atoms with Gasteiger partial charge in [0.05, 0.1) is 17.7 Å². The van der Waals surface area contributed by atoms with E-state index < -0.39 is 11.7 Å². The topological polar surface area (TPSA) is 68.8 Å². The van der Waals surface area contributed by atoms with Gasteiger partial charge in [0.15, 0.2) is 0 Å². The van der Waals surface area contributed by atoms with Crippen molar-refractivity contribution in [1.82, 2.24) is 19.7 Å². The molecule has 0 saturated carbocycles. The lowest BCUT2D eigenvalue weighted by Crippen LogP contribution is -2.51. The SMILES string of the molecule is O=C(CN1CCN(C(=O)c2cccnc2Nc2cccc(C(F)(F)F)c2)CC1)N1CCCCCC1. The average molecular weight is 490 g/mol. The summed E-state index contributed by atoms with van der Waals surface area (Å²) in [7, 11) is 0. The number of piperazine rings is 1. The van der Waals surface area contributed by atoms with E-state index in [1.807, 2.05) is 4.90 Å². The quantitative estimate of drug-likeness (QED) is 0.688. The normalized spacial score (nSPS) is 17.7. The van der Waals surface area contributed by atoms with E-state index in [0.29, 0.717) is 38.3 Å². The second-order valence-electron chi connectivity index (χ2n) is 8.97. The Kier molecular flexibility index (Phi) is 7.90. The highest BCUT2D eigenvalue weighted by Crippen LogP contribution is 2.31. The number of hydrogen-bond donors (Lipinski definition) is 1. The summed E-state index contributed by atoms with van der Waals surface area (Å²) in [6.45, 7) is 4.09. The van der Waals surface area contributed by atoms with Gasteiger partial charge in [0.1, 0.15) is 5.82 Å². The number of nitrogens with one attached hydrogen (secondary N) is 1. The number of carbonyl (C=O) groups excluding carboxylic acids is 2. The summed E-state index contributed by atoms with van der Waals surface area (Å²) in [6, 6.07) is 8.02. The molecule has 188 valence electrons. The Balaban J connectivity index is 1.36. The van der Waals surface area contributed by atoms with E-state index >= 15 is 0 Å². The van der Waals surface area contributed by atoms with Gasteiger partial charge in [-0.3, -0.25) is 14.5 Å². The van der Waals surface area contributed by atoms with E-state index in [1.165, 1.54) is 31.2 Å². The zero-order valence-corrected chi connectivity index (χ0v) is 19.6. The van der Waals surface area contributed by atoms with Crippen LogP contribution in [-0.2, 0) is 11.0 Å². The van der Waals surface area contributed by atoms with Crippen molar-refractivity contribution in [2.75, 3.05) is 51.1 Å². The van der Waals surface area contributed by atoms with Crippen molar-refractivity contribution in [2.24, 2.45) is 0 Å². The molecule has 2 fully saturated rings. The molecular formula is C25H30F3N5O2. The Labute approximate surface area is 202 Å². The number of nitrogens with zero attached hydrogens (tertiary/aromatic N) is 4. The van der Waals surface area contributed by atoms with Gasteiger partial charge in [-0.05, 0) is 43.2 Å². The molecule has 0 unspecified atom stereocenters. The highest BCUT2D eigenvalue weighted by atomic mass is 19.4. The molecule has 1 N–H and O–H groups in total. The van der Waals surface area contributed by atoms with Crippen LogP contribution < -0.4 is 5.32 Å². The molecule has 2 aliphatic heterocycles. The average Bonchev–Trinajstić information content (AvgIpc) is 3.14. The van der Waals surface area contributed by atoms with E-state index in [0.717, 1.165) is 38.1 Å². The Morgan fingerprint density at radius 2 is 1.60 bits per heavy atom. The first-order chi connectivity index (χ1) is 16.8. The number of likely N-dealkylation sites (tertiary alicyclic amines) is 1. The summed E-state index contributed by atoms with van der Waals surface area (Å²) in [4.78, 5) is 35.8. The highest BCUT2D eigenvalue weighted by Gasteiger charge is 2.31. The molecule has 7 nitrogen and oxygen atoms in total. The Bertz CT molecular complexity index is 1030. The molecule has 1 aromatic heterocycles. The van der Waals surface area contributed by atoms with Crippen LogP contribution in [0.4, 0.5) is 24.7 Å². The lowest BCUT2D eigenvalue weighted by atomic mass is 10.1. The number of benzene rings is 1. The second-order valence-corrected chi connectivity index (χ2v) is 8.97. The van der Waals surface area contributed by atoms with Crippen molar-refractivity contribution < 1.29 is 22.8 Å². The summed E-state index contributed by atoms with van der Waals surface area (Å²) in [5.41, 5.74) is -0.291. The number of aromatic nitrogens is 1. The summed E-state index contributed by atoms with van der Waals surface area (Å²) < 4.78 is 39.2. The van der Waals surface area contributed by atoms with Gasteiger partial charge in [-0.25, -0.2) is 4.98 Å². The fourth-order valence-electron chi connectivity index (χ4n) is 4.48. The van der Waals surface area contributed by atoms with Gasteiger partial charge in [-0.1, -0.05) is 18.9 Å². The molecule has 2 saturated heterocycles. The third-order valence-electron chi connectivity index (χ3n) is 6.47. The number of anilines is 2. The molecule has 35 heavy (non-hydrogen) atoms. The lowest BCUT2D eigenvalue weighted by molar-refractivity contribution is -0.137. The van der Waals surface area contributed by atoms with E-state index in [-0.39, 0.29) is 23.3 Å². The van der Waals surface area contributed by atoms with Crippen LogP contribution in [0.5, 0.6) is 0 Å². The number of alkyl halides is 3. The van der Waals surface area contributed by atoms with Crippen LogP contribution in [0.3, 0.4) is 0 Å². The van der Waals surface area contributed by atoms with Crippen LogP contribution in [0.25, 0.3) is 0 Å². The third kappa shape index (κ3) is 6.50. The molecule has 10 heteroatoms. The fraction of sp³-hybridized carbons (Fsp3) is 0.480. The predicted octanol–water partition coefficient (Wildman–Crippen LogP) is 4.00. The van der Waals surface area contributed by atoms with Gasteiger partial charge >= 0.3 is 6.18 Å². The van der Waals surface area contributed by atoms with Crippen molar-refractivity contribution in [3.05, 3.63) is 53.7 Å². The maximum absolute atomic E-state index is 13.2. The van der Waals surface area contributed by atoms with Crippen LogP contribution in [-0.4, -0.2) is 77.3 Å². The Morgan fingerprint density at radius 1 is 0.886 bits per heavy atom. The smallest absolute Gasteiger partial charge is 0.342 e. The molecule has 1 aromatic carbocycles. The minimum atomic E-state index is -4.46. The molecule has 2 aromatic rings. The fourth-order valence-corrected chi connectivity index (χ4v) is 4.48. The predicted molar refractivity (Wildman–Crippen MR) is 126 cm³/mol. The minimum Gasteiger partial charge on any atom is -0.342 e. The standard InChI is InChI=1S/C25H30F3N5O2/c26-25(27,28)19-7-5-8-20(17-19)30-23-21(9-6-10-29-23)24(35)33-15-13-31(14-16-33)18-22(34)32-11-3-1-2-4-12-32/h5-10,17H,1-4,11-16,18H2,(H,29,30). The maximum atomic E-state index is 13.2. The van der Waals surface area contributed by atoms with Gasteiger partial charge in [0, 0.05) is 51.2 Å². The second kappa shape index (κ2) is 11.1. The highest BCUT2D eigenvalue weighted by molar-refractivity contribution is 5.99. The van der Waals surface area contributed by atoms with Crippen molar-refractivity contribution in [3.63, 3.8) is 0 Å². The molecule has 0 bridgehead atoms. The van der Waals surface area contributed by atoms with Crippen LogP contribution >= 0.6 is 0 Å². The molecule has 0 radical (unpaired) electrons. The van der Waals surface area contributed by atoms with E-state index in [1.54, 1.807) is 17.0 Å². The summed E-state index contributed by atoms with van der Waals surface area (Å²) in [5.74, 6) is 0.105. The van der Waals surface area contributed by atoms with Crippen LogP contribution in [0, 0.1) is 0 Å². The van der Waals surface area contributed by atoms with Gasteiger partial charge in [0.2, 0.25) is 5.91 Å². The van der Waals surface area contributed by atoms with Crippen LogP contribution in [0.15, 0.2) is 42.6 Å². The molecular weight excluding hydrogens is 459 g/mol. The van der Waals surface area contributed by atoms with Crippen LogP contribution in [0.2, 0.25) is 0 Å². The molecule has 0 spiro atoms. The molecule has 4 rings (SSSR count). The third-order valence-corrected chi connectivity index (χ3v) is 6.47. The van der Waals surface area contributed by atoms with E-state index in [9.17, 15) is 22.8 Å². The zero-order valence-electron chi connectivity index (χ0n) is 19.6. The summed E-state index contributed by atoms with van der Waals surface area (Å²) >= 11 is 0. The Hall–Kier alpha value is -3.14. The van der Waals surface area contributed by atoms with Gasteiger partial charge in [0.25, 0.3) is 5.91 Å². The molecule has 0 aliphatic carbocycles. The van der Waals surface area contributed by atoms with Crippen molar-refractivity contribution in [1.29, 1.82) is 0 Å². The van der Waals surface area contributed by atoms with E-state index in [2.05, 4.69) is 15.2 Å². The molecule has 3 heterocycles. The van der Waals surface area contributed by atoms with Gasteiger partial charge < -0.3 is 15.1 Å². The summed E-state index contributed by atoms with van der Waals surface area (Å²) in [6.07, 6.45) is 1.47. The first-order valence-electron chi connectivity index (χ1n) is 12.0. The molecule has 2 amide bonds. The largest absolute Gasteiger partial charge is 0.416 e. The number of carbonyl (C=O) groups is 2. The minimum absolute atomic E-state index is 0.145. The summed E-state index contributed by atoms with van der Waals surface area (Å²) in [5, 5.41) is 2.86. The Morgan fingerprint density at radius 3 is 2.29 bits per heavy atom. The van der Waals surface area contributed by atoms with Gasteiger partial charge in [-0.15, -0.1) is 0 Å². The molecule has 0 atom stereocenters. The number of halogens is 3.